The summed E-state index contributed by atoms with van der Waals surface area (Å²) < 4.78 is 6.66. The Morgan fingerprint density at radius 1 is 0.767 bits per heavy atom. The molecule has 1 heterocycles. The number of Topliss-reactive ketones (excluding diaryl/α,β-unsaturated/α-hetero) is 1. The summed E-state index contributed by atoms with van der Waals surface area (Å²) in [6, 6.07) is 34.5. The largest absolute Gasteiger partial charge is 0.353 e. The van der Waals surface area contributed by atoms with Crippen molar-refractivity contribution in [3.8, 4) is 0 Å². The standard InChI is InChI=1S/C27H22O2S/c1-27(23-18-10-14-19-11-8-9-17-22(19)23)26(28)25(30-21-15-6-3-7-16-21)24(29-27)20-12-4-2-5-13-20/h2-18,24-25H,1H3/t24-,25-,27?/m1/s1. The van der Waals surface area contributed by atoms with Gasteiger partial charge < -0.3 is 4.74 Å². The zero-order valence-electron chi connectivity index (χ0n) is 16.7. The summed E-state index contributed by atoms with van der Waals surface area (Å²) in [5.74, 6) is 0.113. The van der Waals surface area contributed by atoms with Crippen LogP contribution in [0, 0.1) is 0 Å². The van der Waals surface area contributed by atoms with Gasteiger partial charge in [-0.1, -0.05) is 91.0 Å². The van der Waals surface area contributed by atoms with E-state index in [2.05, 4.69) is 18.2 Å². The highest BCUT2D eigenvalue weighted by Gasteiger charge is 2.53. The summed E-state index contributed by atoms with van der Waals surface area (Å²) in [7, 11) is 0. The number of hydrogen-bond acceptors (Lipinski definition) is 3. The minimum absolute atomic E-state index is 0.113. The first kappa shape index (κ1) is 19.1. The Labute approximate surface area is 180 Å². The molecule has 0 aromatic heterocycles. The molecule has 0 saturated carbocycles. The predicted molar refractivity (Wildman–Crippen MR) is 123 cm³/mol. The van der Waals surface area contributed by atoms with Crippen LogP contribution in [0.5, 0.6) is 0 Å². The van der Waals surface area contributed by atoms with Crippen LogP contribution in [0.1, 0.15) is 24.2 Å². The molecule has 0 amide bonds. The summed E-state index contributed by atoms with van der Waals surface area (Å²) in [6.07, 6.45) is -0.312. The summed E-state index contributed by atoms with van der Waals surface area (Å²) in [4.78, 5) is 15.0. The molecule has 3 atom stereocenters. The summed E-state index contributed by atoms with van der Waals surface area (Å²) in [6.45, 7) is 1.93. The van der Waals surface area contributed by atoms with Gasteiger partial charge in [-0.25, -0.2) is 0 Å². The van der Waals surface area contributed by atoms with Gasteiger partial charge in [0.2, 0.25) is 0 Å². The van der Waals surface area contributed by atoms with Crippen molar-refractivity contribution in [1.29, 1.82) is 0 Å². The molecule has 0 bridgehead atoms. The minimum atomic E-state index is -1.01. The molecule has 148 valence electrons. The number of fused-ring (bicyclic) bond motifs is 1. The molecule has 2 nitrogen and oxygen atoms in total. The lowest BCUT2D eigenvalue weighted by molar-refractivity contribution is -0.132. The van der Waals surface area contributed by atoms with Crippen molar-refractivity contribution < 1.29 is 9.53 Å². The zero-order valence-corrected chi connectivity index (χ0v) is 17.5. The van der Waals surface area contributed by atoms with E-state index in [-0.39, 0.29) is 17.1 Å². The lowest BCUT2D eigenvalue weighted by Gasteiger charge is -2.25. The van der Waals surface area contributed by atoms with E-state index in [9.17, 15) is 4.79 Å². The third kappa shape index (κ3) is 3.24. The number of hydrogen-bond donors (Lipinski definition) is 0. The van der Waals surface area contributed by atoms with Crippen LogP contribution in [0.3, 0.4) is 0 Å². The van der Waals surface area contributed by atoms with Crippen LogP contribution < -0.4 is 0 Å². The normalized spacial score (nSPS) is 23.7. The molecule has 4 aromatic rings. The number of ketones is 1. The molecule has 0 radical (unpaired) electrons. The van der Waals surface area contributed by atoms with Crippen molar-refractivity contribution in [2.45, 2.75) is 28.8 Å². The van der Waals surface area contributed by atoms with Gasteiger partial charge in [-0.05, 0) is 41.0 Å². The fourth-order valence-electron chi connectivity index (χ4n) is 4.27. The van der Waals surface area contributed by atoms with E-state index in [4.69, 9.17) is 4.74 Å². The van der Waals surface area contributed by atoms with Gasteiger partial charge >= 0.3 is 0 Å². The molecule has 3 heteroatoms. The number of thioether (sulfide) groups is 1. The predicted octanol–water partition coefficient (Wildman–Crippen LogP) is 6.56. The van der Waals surface area contributed by atoms with Crippen molar-refractivity contribution in [2.24, 2.45) is 0 Å². The van der Waals surface area contributed by atoms with E-state index in [1.807, 2.05) is 91.9 Å². The summed E-state index contributed by atoms with van der Waals surface area (Å²) >= 11 is 1.59. The smallest absolute Gasteiger partial charge is 0.185 e. The molecule has 1 saturated heterocycles. The Hall–Kier alpha value is -2.88. The molecule has 0 spiro atoms. The number of rotatable bonds is 4. The van der Waals surface area contributed by atoms with Crippen molar-refractivity contribution in [2.75, 3.05) is 0 Å². The van der Waals surface area contributed by atoms with E-state index in [0.29, 0.717) is 0 Å². The Kier molecular flexibility index (Phi) is 4.93. The van der Waals surface area contributed by atoms with E-state index < -0.39 is 5.60 Å². The van der Waals surface area contributed by atoms with Crippen molar-refractivity contribution in [3.05, 3.63) is 114 Å². The van der Waals surface area contributed by atoms with Crippen molar-refractivity contribution in [1.82, 2.24) is 0 Å². The van der Waals surface area contributed by atoms with E-state index in [1.54, 1.807) is 11.8 Å². The Balaban J connectivity index is 1.62. The maximum Gasteiger partial charge on any atom is 0.185 e. The van der Waals surface area contributed by atoms with Crippen molar-refractivity contribution in [3.63, 3.8) is 0 Å². The molecular weight excluding hydrogens is 388 g/mol. The average molecular weight is 411 g/mol. The number of ether oxygens (including phenoxy) is 1. The first-order chi connectivity index (χ1) is 14.7. The third-order valence-corrected chi connectivity index (χ3v) is 7.06. The molecule has 4 aromatic carbocycles. The van der Waals surface area contributed by atoms with Crippen LogP contribution in [-0.4, -0.2) is 11.0 Å². The molecule has 1 aliphatic heterocycles. The average Bonchev–Trinajstić information content (AvgIpc) is 3.06. The molecular formula is C27H22O2S. The summed E-state index contributed by atoms with van der Waals surface area (Å²) in [5, 5.41) is 1.86. The number of benzene rings is 4. The van der Waals surface area contributed by atoms with Gasteiger partial charge in [0.05, 0.1) is 0 Å². The van der Waals surface area contributed by atoms with Crippen LogP contribution in [0.2, 0.25) is 0 Å². The highest BCUT2D eigenvalue weighted by atomic mass is 32.2. The Morgan fingerprint density at radius 2 is 1.40 bits per heavy atom. The molecule has 30 heavy (non-hydrogen) atoms. The van der Waals surface area contributed by atoms with Crippen molar-refractivity contribution >= 4 is 28.3 Å². The lowest BCUT2D eigenvalue weighted by Crippen LogP contribution is -2.32. The Morgan fingerprint density at radius 3 is 2.17 bits per heavy atom. The van der Waals surface area contributed by atoms with Crippen LogP contribution in [-0.2, 0) is 15.1 Å². The molecule has 1 aliphatic rings. The van der Waals surface area contributed by atoms with Gasteiger partial charge in [-0.2, -0.15) is 0 Å². The number of carbonyl (C=O) groups is 1. The second-order valence-electron chi connectivity index (χ2n) is 7.72. The number of carbonyl (C=O) groups excluding carboxylic acids is 1. The van der Waals surface area contributed by atoms with Crippen LogP contribution >= 0.6 is 11.8 Å². The SMILES string of the molecule is CC1(c2cccc3ccccc23)O[C@H](c2ccccc2)[C@@H](Sc2ccccc2)C1=O. The fourth-order valence-corrected chi connectivity index (χ4v) is 5.54. The molecule has 1 unspecified atom stereocenters. The third-order valence-electron chi connectivity index (χ3n) is 5.80. The maximum absolute atomic E-state index is 13.9. The highest BCUT2D eigenvalue weighted by molar-refractivity contribution is 8.00. The monoisotopic (exact) mass is 410 g/mol. The van der Waals surface area contributed by atoms with Crippen LogP contribution in [0.15, 0.2) is 108 Å². The quantitative estimate of drug-likeness (QED) is 0.381. The maximum atomic E-state index is 13.9. The van der Waals surface area contributed by atoms with Gasteiger partial charge in [0.25, 0.3) is 0 Å². The minimum Gasteiger partial charge on any atom is -0.353 e. The molecule has 0 aliphatic carbocycles. The Bertz CT molecular complexity index is 1180. The van der Waals surface area contributed by atoms with Crippen LogP contribution in [0.25, 0.3) is 10.8 Å². The lowest BCUT2D eigenvalue weighted by atomic mass is 9.87. The van der Waals surface area contributed by atoms with Gasteiger partial charge in [0, 0.05) is 4.90 Å². The van der Waals surface area contributed by atoms with Gasteiger partial charge in [0.15, 0.2) is 11.4 Å². The fraction of sp³-hybridized carbons (Fsp3) is 0.148. The zero-order chi connectivity index (χ0) is 20.6. The van der Waals surface area contributed by atoms with Crippen LogP contribution in [0.4, 0.5) is 0 Å². The first-order valence-corrected chi connectivity index (χ1v) is 11.0. The molecule has 1 fully saturated rings. The van der Waals surface area contributed by atoms with Gasteiger partial charge in [-0.15, -0.1) is 11.8 Å². The van der Waals surface area contributed by atoms with Gasteiger partial charge in [-0.3, -0.25) is 4.79 Å². The molecule has 0 N–H and O–H groups in total. The summed E-state index contributed by atoms with van der Waals surface area (Å²) in [5.41, 5.74) is 0.958. The highest BCUT2D eigenvalue weighted by Crippen LogP contribution is 2.50. The topological polar surface area (TPSA) is 26.3 Å². The second kappa shape index (κ2) is 7.75. The van der Waals surface area contributed by atoms with E-state index in [0.717, 1.165) is 26.8 Å². The molecule has 5 rings (SSSR count). The van der Waals surface area contributed by atoms with E-state index in [1.165, 1.54) is 0 Å². The van der Waals surface area contributed by atoms with E-state index >= 15 is 0 Å². The second-order valence-corrected chi connectivity index (χ2v) is 8.94. The first-order valence-electron chi connectivity index (χ1n) is 10.1. The van der Waals surface area contributed by atoms with Gasteiger partial charge in [0.1, 0.15) is 11.4 Å².